The van der Waals surface area contributed by atoms with Gasteiger partial charge in [0.05, 0.1) is 10.9 Å². The molecule has 5 rings (SSSR count). The lowest BCUT2D eigenvalue weighted by atomic mass is 9.84. The highest BCUT2D eigenvalue weighted by atomic mass is 32.3. The van der Waals surface area contributed by atoms with Crippen LogP contribution in [0.1, 0.15) is 43.6 Å². The van der Waals surface area contributed by atoms with Gasteiger partial charge in [-0.15, -0.1) is 0 Å². The van der Waals surface area contributed by atoms with Crippen molar-refractivity contribution in [2.75, 3.05) is 0 Å². The third kappa shape index (κ3) is 9.61. The average molecular weight is 865 g/mol. The molecule has 21 heteroatoms. The first-order chi connectivity index (χ1) is 25.5. The maximum atomic E-state index is 14.1. The second-order valence-corrected chi connectivity index (χ2v) is 19.1. The number of alkyl halides is 9. The SMILES string of the molecule is O=S(=O)(NS(=O)(=O)C(F)(F)C(F)(F)C(F)(F)S(=O)(=O)Oc1ccc(C2CCCCC2)cc1)C(F)(F)F.c1ccc([S+](c2ccccc2)c2ccccc2)cc1. The number of benzene rings is 4. The van der Waals surface area contributed by atoms with Crippen molar-refractivity contribution < 1.29 is 69.0 Å². The largest absolute Gasteiger partial charge is 0.512 e. The van der Waals surface area contributed by atoms with Gasteiger partial charge in [0.25, 0.3) is 10.0 Å². The Morgan fingerprint density at radius 3 is 1.31 bits per heavy atom. The number of halogens is 9. The van der Waals surface area contributed by atoms with Gasteiger partial charge in [0.15, 0.2) is 14.7 Å². The smallest absolute Gasteiger partial charge is 0.378 e. The molecule has 8 nitrogen and oxygen atoms in total. The average Bonchev–Trinajstić information content (AvgIpc) is 3.13. The molecule has 1 aliphatic carbocycles. The molecule has 300 valence electrons. The van der Waals surface area contributed by atoms with Crippen LogP contribution in [0, 0.1) is 0 Å². The van der Waals surface area contributed by atoms with Gasteiger partial charge in [0, 0.05) is 0 Å². The van der Waals surface area contributed by atoms with Crippen molar-refractivity contribution in [3.05, 3.63) is 121 Å². The molecule has 55 heavy (non-hydrogen) atoms. The lowest BCUT2D eigenvalue weighted by molar-refractivity contribution is -0.245. The van der Waals surface area contributed by atoms with E-state index < -0.39 is 62.0 Å². The summed E-state index contributed by atoms with van der Waals surface area (Å²) in [4.78, 5) is 4.08. The minimum Gasteiger partial charge on any atom is -0.378 e. The van der Waals surface area contributed by atoms with Crippen LogP contribution in [0.4, 0.5) is 39.5 Å². The Kier molecular flexibility index (Phi) is 13.4. The van der Waals surface area contributed by atoms with Crippen LogP contribution in [0.2, 0.25) is 0 Å². The van der Waals surface area contributed by atoms with Gasteiger partial charge in [-0.2, -0.15) is 47.9 Å². The Morgan fingerprint density at radius 2 is 0.927 bits per heavy atom. The molecule has 0 spiro atoms. The number of sulfonamides is 2. The molecular formula is C34H31F9NO7S4+. The van der Waals surface area contributed by atoms with Gasteiger partial charge in [-0.1, -0.05) is 90.1 Å². The molecule has 0 unspecified atom stereocenters. The van der Waals surface area contributed by atoms with Crippen LogP contribution in [0.15, 0.2) is 130 Å². The monoisotopic (exact) mass is 864 g/mol. The van der Waals surface area contributed by atoms with Gasteiger partial charge < -0.3 is 4.18 Å². The molecule has 1 N–H and O–H groups in total. The lowest BCUT2D eigenvalue weighted by Crippen LogP contribution is -2.64. The summed E-state index contributed by atoms with van der Waals surface area (Å²) in [5.41, 5.74) is -6.04. The molecule has 1 fully saturated rings. The Hall–Kier alpha value is -3.79. The van der Waals surface area contributed by atoms with Crippen LogP contribution in [0.5, 0.6) is 5.75 Å². The minimum atomic E-state index is -7.83. The molecule has 1 aliphatic rings. The normalized spacial score (nSPS) is 15.2. The summed E-state index contributed by atoms with van der Waals surface area (Å²) in [6.45, 7) is 0. The first-order valence-corrected chi connectivity index (χ1v) is 21.5. The minimum absolute atomic E-state index is 0.0135. The van der Waals surface area contributed by atoms with E-state index in [0.29, 0.717) is 5.56 Å². The van der Waals surface area contributed by atoms with Crippen LogP contribution < -0.4 is 8.31 Å². The number of hydrogen-bond donors (Lipinski definition) is 1. The van der Waals surface area contributed by atoms with Crippen molar-refractivity contribution >= 4 is 41.1 Å². The van der Waals surface area contributed by atoms with Crippen LogP contribution in [0.3, 0.4) is 0 Å². The number of hydrogen-bond acceptors (Lipinski definition) is 7. The highest BCUT2D eigenvalue weighted by Crippen LogP contribution is 2.51. The molecule has 4 aromatic rings. The molecule has 0 aliphatic heterocycles. The maximum Gasteiger partial charge on any atom is 0.512 e. The van der Waals surface area contributed by atoms with E-state index in [4.69, 9.17) is 0 Å². The Morgan fingerprint density at radius 1 is 0.527 bits per heavy atom. The fourth-order valence-corrected chi connectivity index (χ4v) is 10.7. The third-order valence-corrected chi connectivity index (χ3v) is 14.8. The predicted molar refractivity (Wildman–Crippen MR) is 185 cm³/mol. The van der Waals surface area contributed by atoms with Gasteiger partial charge in [-0.25, -0.2) is 16.8 Å². The van der Waals surface area contributed by atoms with Crippen molar-refractivity contribution in [1.29, 1.82) is 0 Å². The summed E-state index contributed by atoms with van der Waals surface area (Å²) < 4.78 is 191. The zero-order valence-electron chi connectivity index (χ0n) is 28.0. The first kappa shape index (κ1) is 43.9. The topological polar surface area (TPSA) is 124 Å². The van der Waals surface area contributed by atoms with E-state index >= 15 is 0 Å². The molecule has 1 saturated carbocycles. The highest BCUT2D eigenvalue weighted by Gasteiger charge is 2.83. The van der Waals surface area contributed by atoms with Gasteiger partial charge >= 0.3 is 42.1 Å². The van der Waals surface area contributed by atoms with E-state index in [1.54, 1.807) is 0 Å². The summed E-state index contributed by atoms with van der Waals surface area (Å²) in [6, 6.07) is 36.0. The summed E-state index contributed by atoms with van der Waals surface area (Å²) in [5.74, 6) is -8.58. The second-order valence-electron chi connectivity index (χ2n) is 11.8. The van der Waals surface area contributed by atoms with Crippen LogP contribution in [-0.2, 0) is 41.1 Å². The third-order valence-electron chi connectivity index (χ3n) is 8.01. The van der Waals surface area contributed by atoms with Gasteiger partial charge in [0.1, 0.15) is 5.75 Å². The van der Waals surface area contributed by atoms with E-state index in [0.717, 1.165) is 44.2 Å². The van der Waals surface area contributed by atoms with Crippen molar-refractivity contribution in [2.24, 2.45) is 0 Å². The lowest BCUT2D eigenvalue weighted by Gasteiger charge is -2.31. The molecule has 0 aromatic heterocycles. The van der Waals surface area contributed by atoms with Crippen molar-refractivity contribution in [1.82, 2.24) is 4.13 Å². The Labute approximate surface area is 314 Å². The fourth-order valence-electron chi connectivity index (χ4n) is 5.23. The summed E-state index contributed by atoms with van der Waals surface area (Å²) in [5, 5.41) is -14.5. The van der Waals surface area contributed by atoms with Crippen molar-refractivity contribution in [3.8, 4) is 5.75 Å². The van der Waals surface area contributed by atoms with Crippen molar-refractivity contribution in [2.45, 2.75) is 74.6 Å². The highest BCUT2D eigenvalue weighted by molar-refractivity contribution is 8.05. The van der Waals surface area contributed by atoms with E-state index in [1.807, 2.05) is 0 Å². The Bertz CT molecular complexity index is 2110. The van der Waals surface area contributed by atoms with E-state index in [1.165, 1.54) is 26.8 Å². The molecule has 4 aromatic carbocycles. The molecule has 0 saturated heterocycles. The van der Waals surface area contributed by atoms with E-state index in [-0.39, 0.29) is 16.8 Å². The summed E-state index contributed by atoms with van der Waals surface area (Å²) in [6.07, 6.45) is 4.19. The standard InChI is InChI=1S/C18H15S.C16H16F9NO7S3/c1-4-10-16(11-5-1)19(17-12-6-2-7-13-17)18-14-8-3-9-15-18;17-13(18,14(19,20)34(27,28)26-35(29,30)16(23,24)25)15(21,22)36(31,32)33-12-8-6-11(7-9-12)10-4-2-1-3-5-10/h1-15H;6-10,26H,1-5H2/q+1;. The maximum absolute atomic E-state index is 14.1. The van der Waals surface area contributed by atoms with Gasteiger partial charge in [-0.05, 0) is 72.9 Å². The second kappa shape index (κ2) is 16.7. The zero-order valence-corrected chi connectivity index (χ0v) is 31.2. The first-order valence-electron chi connectivity index (χ1n) is 15.9. The zero-order chi connectivity index (χ0) is 40.9. The number of rotatable bonds is 12. The number of nitrogens with one attached hydrogen (secondary N) is 1. The molecule has 0 atom stereocenters. The molecule has 0 amide bonds. The quantitative estimate of drug-likeness (QED) is 0.0858. The molecule has 0 bridgehead atoms. The summed E-state index contributed by atoms with van der Waals surface area (Å²) >= 11 is 0. The fraction of sp³-hybridized carbons (Fsp3) is 0.294. The molecular weight excluding hydrogens is 834 g/mol. The van der Waals surface area contributed by atoms with Crippen molar-refractivity contribution in [3.63, 3.8) is 0 Å². The van der Waals surface area contributed by atoms with Crippen LogP contribution >= 0.6 is 0 Å². The Balaban J connectivity index is 0.000000294. The van der Waals surface area contributed by atoms with Gasteiger partial charge in [0.2, 0.25) is 0 Å². The predicted octanol–water partition coefficient (Wildman–Crippen LogP) is 8.81. The van der Waals surface area contributed by atoms with Gasteiger partial charge in [-0.3, -0.25) is 0 Å². The van der Waals surface area contributed by atoms with Crippen LogP contribution in [0.25, 0.3) is 0 Å². The van der Waals surface area contributed by atoms with Crippen LogP contribution in [-0.4, -0.2) is 47.2 Å². The summed E-state index contributed by atoms with van der Waals surface area (Å²) in [7, 11) is -22.3. The van der Waals surface area contributed by atoms with E-state index in [9.17, 15) is 64.8 Å². The molecule has 0 heterocycles. The molecule has 0 radical (unpaired) electrons. The van der Waals surface area contributed by atoms with E-state index in [2.05, 4.69) is 95.2 Å².